The summed E-state index contributed by atoms with van der Waals surface area (Å²) in [7, 11) is 0. The van der Waals surface area contributed by atoms with Crippen LogP contribution < -0.4 is 0 Å². The maximum Gasteiger partial charge on any atom is 0.343 e. The maximum absolute atomic E-state index is 13.6. The number of rotatable bonds is 5. The lowest BCUT2D eigenvalue weighted by molar-refractivity contribution is -0.197. The molecule has 35 heavy (non-hydrogen) atoms. The minimum Gasteiger partial charge on any atom is -0.460 e. The molecule has 0 unspecified atom stereocenters. The molecule has 1 aliphatic heterocycles. The summed E-state index contributed by atoms with van der Waals surface area (Å²) in [5, 5.41) is 23.2. The molecule has 1 fully saturated rings. The lowest BCUT2D eigenvalue weighted by atomic mass is 9.61. The van der Waals surface area contributed by atoms with E-state index in [1.807, 2.05) is 0 Å². The number of esters is 2. The minimum absolute atomic E-state index is 0.126. The van der Waals surface area contributed by atoms with E-state index in [-0.39, 0.29) is 17.7 Å². The average molecular weight is 482 g/mol. The highest BCUT2D eigenvalue weighted by molar-refractivity contribution is 6.24. The van der Waals surface area contributed by atoms with E-state index in [2.05, 4.69) is 0 Å². The predicted molar refractivity (Wildman–Crippen MR) is 120 cm³/mol. The number of aliphatic hydroxyl groups is 2. The van der Waals surface area contributed by atoms with Crippen molar-refractivity contribution in [1.82, 2.24) is 0 Å². The van der Waals surface area contributed by atoms with Crippen LogP contribution in [-0.2, 0) is 30.4 Å². The molecule has 9 heteroatoms. The number of carbonyl (C=O) groups is 4. The number of ketones is 2. The van der Waals surface area contributed by atoms with Gasteiger partial charge in [0.05, 0.1) is 13.0 Å². The fourth-order valence-electron chi connectivity index (χ4n) is 4.55. The first kappa shape index (κ1) is 24.7. The number of Topliss-reactive ketones (excluding diaryl/α,β-unsaturated/α-hetero) is 2. The number of fused-ring (bicyclic) bond motifs is 2. The van der Waals surface area contributed by atoms with E-state index >= 15 is 0 Å². The van der Waals surface area contributed by atoms with Crippen LogP contribution in [0.1, 0.15) is 53.5 Å². The van der Waals surface area contributed by atoms with E-state index < -0.39 is 58.9 Å². The summed E-state index contributed by atoms with van der Waals surface area (Å²) >= 11 is 0. The van der Waals surface area contributed by atoms with Crippen molar-refractivity contribution in [1.29, 1.82) is 0 Å². The molecule has 184 valence electrons. The molecule has 0 saturated carbocycles. The van der Waals surface area contributed by atoms with Crippen LogP contribution in [0.15, 0.2) is 54.6 Å². The Bertz CT molecular complexity index is 1200. The Morgan fingerprint density at radius 1 is 0.943 bits per heavy atom. The standard InChI is InChI=1S/C26H26O9/c1-23(2,3)35-19(27)13-25(22(30)33-14-16-9-5-4-6-10-16)26(32)21(29)18-12-8-7-11-17(18)20(28)24(26,31)15-34-25/h4-12,31-32H,13-15H2,1-3H3/t24-,25-,26+/m1/s1. The lowest BCUT2D eigenvalue weighted by Gasteiger charge is -2.44. The molecule has 0 bridgehead atoms. The zero-order valence-corrected chi connectivity index (χ0v) is 19.6. The first-order valence-corrected chi connectivity index (χ1v) is 11.1. The van der Waals surface area contributed by atoms with Crippen LogP contribution >= 0.6 is 0 Å². The largest absolute Gasteiger partial charge is 0.460 e. The highest BCUT2D eigenvalue weighted by Gasteiger charge is 2.81. The van der Waals surface area contributed by atoms with Gasteiger partial charge in [-0.05, 0) is 26.3 Å². The highest BCUT2D eigenvalue weighted by Crippen LogP contribution is 2.52. The van der Waals surface area contributed by atoms with Crippen molar-refractivity contribution in [3.8, 4) is 0 Å². The van der Waals surface area contributed by atoms with Crippen molar-refractivity contribution in [3.63, 3.8) is 0 Å². The third-order valence-electron chi connectivity index (χ3n) is 6.19. The minimum atomic E-state index is -3.14. The number of benzene rings is 2. The van der Waals surface area contributed by atoms with Gasteiger partial charge in [0.15, 0.2) is 5.60 Å². The summed E-state index contributed by atoms with van der Waals surface area (Å²) < 4.78 is 16.3. The molecule has 0 spiro atoms. The van der Waals surface area contributed by atoms with Crippen molar-refractivity contribution in [2.24, 2.45) is 0 Å². The van der Waals surface area contributed by atoms with Gasteiger partial charge in [-0.3, -0.25) is 14.4 Å². The molecule has 4 rings (SSSR count). The fraction of sp³-hybridized carbons (Fsp3) is 0.385. The Hall–Kier alpha value is -3.40. The molecule has 9 nitrogen and oxygen atoms in total. The summed E-state index contributed by atoms with van der Waals surface area (Å²) in [6.07, 6.45) is -0.974. The Labute approximate surface area is 201 Å². The zero-order chi connectivity index (χ0) is 25.6. The van der Waals surface area contributed by atoms with Gasteiger partial charge in [-0.2, -0.15) is 0 Å². The first-order valence-electron chi connectivity index (χ1n) is 11.1. The third-order valence-corrected chi connectivity index (χ3v) is 6.19. The third kappa shape index (κ3) is 3.76. The summed E-state index contributed by atoms with van der Waals surface area (Å²) in [6.45, 7) is 3.60. The summed E-state index contributed by atoms with van der Waals surface area (Å²) in [5.41, 5.74) is -9.42. The van der Waals surface area contributed by atoms with Gasteiger partial charge in [0.2, 0.25) is 22.8 Å². The number of ether oxygens (including phenoxy) is 3. The monoisotopic (exact) mass is 482 g/mol. The molecular formula is C26H26O9. The molecular weight excluding hydrogens is 456 g/mol. The van der Waals surface area contributed by atoms with Gasteiger partial charge in [-0.1, -0.05) is 54.6 Å². The lowest BCUT2D eigenvalue weighted by Crippen LogP contribution is -2.74. The van der Waals surface area contributed by atoms with E-state index in [0.717, 1.165) is 0 Å². The summed E-state index contributed by atoms with van der Waals surface area (Å²) in [4.78, 5) is 53.3. The first-order chi connectivity index (χ1) is 16.4. The molecule has 1 heterocycles. The summed E-state index contributed by atoms with van der Waals surface area (Å²) in [6, 6.07) is 14.2. The van der Waals surface area contributed by atoms with Crippen LogP contribution in [0.25, 0.3) is 0 Å². The number of hydrogen-bond acceptors (Lipinski definition) is 9. The molecule has 2 aromatic rings. The molecule has 0 aromatic heterocycles. The smallest absolute Gasteiger partial charge is 0.343 e. The molecule has 1 aliphatic carbocycles. The van der Waals surface area contributed by atoms with Crippen LogP contribution in [-0.4, -0.2) is 62.7 Å². The zero-order valence-electron chi connectivity index (χ0n) is 19.6. The SMILES string of the molecule is CC(C)(C)OC(=O)C[C@]1(C(=O)OCc2ccccc2)OC[C@@]2(O)C(=O)c3ccccc3C(=O)[C@]21O. The summed E-state index contributed by atoms with van der Waals surface area (Å²) in [5.74, 6) is -4.41. The number of hydrogen-bond donors (Lipinski definition) is 2. The number of carbonyl (C=O) groups excluding carboxylic acids is 4. The Balaban J connectivity index is 1.81. The second-order valence-electron chi connectivity index (χ2n) is 9.72. The Morgan fingerprint density at radius 2 is 1.51 bits per heavy atom. The van der Waals surface area contributed by atoms with Crippen LogP contribution in [0, 0.1) is 0 Å². The van der Waals surface area contributed by atoms with Gasteiger partial charge >= 0.3 is 11.9 Å². The van der Waals surface area contributed by atoms with Gasteiger partial charge in [-0.25, -0.2) is 4.79 Å². The van der Waals surface area contributed by atoms with Crippen molar-refractivity contribution in [3.05, 3.63) is 71.3 Å². The van der Waals surface area contributed by atoms with E-state index in [4.69, 9.17) is 14.2 Å². The fourth-order valence-corrected chi connectivity index (χ4v) is 4.55. The molecule has 0 amide bonds. The quantitative estimate of drug-likeness (QED) is 0.611. The molecule has 0 radical (unpaired) electrons. The van der Waals surface area contributed by atoms with Gasteiger partial charge < -0.3 is 24.4 Å². The van der Waals surface area contributed by atoms with Gasteiger partial charge in [-0.15, -0.1) is 0 Å². The van der Waals surface area contributed by atoms with Crippen LogP contribution in [0.3, 0.4) is 0 Å². The van der Waals surface area contributed by atoms with Gasteiger partial charge in [0, 0.05) is 11.1 Å². The molecule has 1 saturated heterocycles. The highest BCUT2D eigenvalue weighted by atomic mass is 16.6. The molecule has 3 atom stereocenters. The van der Waals surface area contributed by atoms with E-state index in [9.17, 15) is 29.4 Å². The maximum atomic E-state index is 13.6. The van der Waals surface area contributed by atoms with Crippen LogP contribution in [0.4, 0.5) is 0 Å². The molecule has 2 aliphatic rings. The second kappa shape index (κ2) is 8.37. The average Bonchev–Trinajstić information content (AvgIpc) is 3.05. The van der Waals surface area contributed by atoms with E-state index in [1.54, 1.807) is 51.1 Å². The van der Waals surface area contributed by atoms with Gasteiger partial charge in [0.1, 0.15) is 12.2 Å². The molecule has 2 aromatic carbocycles. The van der Waals surface area contributed by atoms with Crippen molar-refractivity contribution in [2.75, 3.05) is 6.61 Å². The normalized spacial score (nSPS) is 27.7. The van der Waals surface area contributed by atoms with Crippen molar-refractivity contribution < 1.29 is 43.6 Å². The molecule has 2 N–H and O–H groups in total. The predicted octanol–water partition coefficient (Wildman–Crippen LogP) is 1.77. The van der Waals surface area contributed by atoms with E-state index in [0.29, 0.717) is 5.56 Å². The van der Waals surface area contributed by atoms with Crippen LogP contribution in [0.2, 0.25) is 0 Å². The second-order valence-corrected chi connectivity index (χ2v) is 9.72. The van der Waals surface area contributed by atoms with E-state index in [1.165, 1.54) is 24.3 Å². The van der Waals surface area contributed by atoms with Crippen LogP contribution in [0.5, 0.6) is 0 Å². The Kier molecular flexibility index (Phi) is 5.91. The topological polar surface area (TPSA) is 136 Å². The van der Waals surface area contributed by atoms with Crippen molar-refractivity contribution >= 4 is 23.5 Å². The van der Waals surface area contributed by atoms with Gasteiger partial charge in [0.25, 0.3) is 0 Å². The van der Waals surface area contributed by atoms with Crippen molar-refractivity contribution in [2.45, 2.75) is 56.2 Å². The Morgan fingerprint density at radius 3 is 2.11 bits per heavy atom.